The van der Waals surface area contributed by atoms with Crippen LogP contribution in [0, 0.1) is 17.0 Å². The molecule has 2 aromatic carbocycles. The first-order chi connectivity index (χ1) is 9.99. The molecule has 0 saturated heterocycles. The zero-order valence-electron chi connectivity index (χ0n) is 11.3. The molecule has 0 amide bonds. The molecule has 108 valence electrons. The van der Waals surface area contributed by atoms with Gasteiger partial charge in [0.25, 0.3) is 5.69 Å². The highest BCUT2D eigenvalue weighted by molar-refractivity contribution is 5.89. The summed E-state index contributed by atoms with van der Waals surface area (Å²) in [6.07, 6.45) is 0. The van der Waals surface area contributed by atoms with Gasteiger partial charge in [-0.2, -0.15) is 0 Å². The van der Waals surface area contributed by atoms with Crippen molar-refractivity contribution < 1.29 is 19.6 Å². The van der Waals surface area contributed by atoms with Gasteiger partial charge in [-0.25, -0.2) is 4.79 Å². The Morgan fingerprint density at radius 2 is 2.00 bits per heavy atom. The highest BCUT2D eigenvalue weighted by atomic mass is 16.6. The minimum atomic E-state index is -1.02. The van der Waals surface area contributed by atoms with E-state index < -0.39 is 10.9 Å². The van der Waals surface area contributed by atoms with Crippen molar-refractivity contribution in [2.75, 3.05) is 0 Å². The van der Waals surface area contributed by atoms with E-state index in [1.807, 2.05) is 0 Å². The molecule has 6 nitrogen and oxygen atoms in total. The third-order valence-electron chi connectivity index (χ3n) is 3.00. The van der Waals surface area contributed by atoms with Crippen molar-refractivity contribution in [2.24, 2.45) is 0 Å². The third-order valence-corrected chi connectivity index (χ3v) is 3.00. The number of nitro groups is 1. The summed E-state index contributed by atoms with van der Waals surface area (Å²) >= 11 is 0. The van der Waals surface area contributed by atoms with Gasteiger partial charge in [-0.15, -0.1) is 0 Å². The number of carbonyl (C=O) groups is 1. The Hall–Kier alpha value is -2.89. The van der Waals surface area contributed by atoms with Crippen molar-refractivity contribution in [1.82, 2.24) is 0 Å². The number of rotatable bonds is 5. The molecule has 2 aromatic rings. The number of nitro benzene ring substituents is 1. The van der Waals surface area contributed by atoms with Crippen LogP contribution in [-0.2, 0) is 6.61 Å². The molecule has 2 rings (SSSR count). The fraction of sp³-hybridized carbons (Fsp3) is 0.133. The van der Waals surface area contributed by atoms with Crippen LogP contribution in [0.4, 0.5) is 5.69 Å². The largest absolute Gasteiger partial charge is 0.489 e. The number of nitrogens with zero attached hydrogens (tertiary/aromatic N) is 1. The molecule has 1 N–H and O–H groups in total. The molecule has 0 bridgehead atoms. The molecule has 0 saturated carbocycles. The molecule has 0 aromatic heterocycles. The normalized spacial score (nSPS) is 10.1. The zero-order chi connectivity index (χ0) is 15.4. The van der Waals surface area contributed by atoms with Crippen LogP contribution < -0.4 is 4.74 Å². The van der Waals surface area contributed by atoms with Gasteiger partial charge in [0.1, 0.15) is 12.4 Å². The molecular weight excluding hydrogens is 274 g/mol. The second kappa shape index (κ2) is 6.04. The quantitative estimate of drug-likeness (QED) is 0.673. The minimum Gasteiger partial charge on any atom is -0.489 e. The van der Waals surface area contributed by atoms with E-state index in [-0.39, 0.29) is 17.9 Å². The molecule has 0 aliphatic rings. The van der Waals surface area contributed by atoms with Crippen molar-refractivity contribution in [1.29, 1.82) is 0 Å². The summed E-state index contributed by atoms with van der Waals surface area (Å²) in [5.41, 5.74) is 1.34. The second-order valence-electron chi connectivity index (χ2n) is 4.46. The maximum atomic E-state index is 11.1. The smallest absolute Gasteiger partial charge is 0.336 e. The highest BCUT2D eigenvalue weighted by Gasteiger charge is 2.12. The fourth-order valence-electron chi connectivity index (χ4n) is 1.92. The van der Waals surface area contributed by atoms with E-state index in [9.17, 15) is 14.9 Å². The number of hydrogen-bond donors (Lipinski definition) is 1. The Bertz CT molecular complexity index is 696. The first-order valence-electron chi connectivity index (χ1n) is 6.18. The number of benzene rings is 2. The maximum absolute atomic E-state index is 11.1. The van der Waals surface area contributed by atoms with Gasteiger partial charge in [-0.05, 0) is 24.6 Å². The maximum Gasteiger partial charge on any atom is 0.336 e. The number of carboxylic acids is 1. The van der Waals surface area contributed by atoms with Crippen LogP contribution in [0.2, 0.25) is 0 Å². The molecular formula is C15H13NO5. The molecule has 0 fully saturated rings. The first-order valence-corrected chi connectivity index (χ1v) is 6.18. The summed E-state index contributed by atoms with van der Waals surface area (Å²) in [5.74, 6) is -0.532. The van der Waals surface area contributed by atoms with Crippen molar-refractivity contribution in [3.8, 4) is 5.75 Å². The predicted octanol–water partition coefficient (Wildman–Crippen LogP) is 3.18. The van der Waals surface area contributed by atoms with Crippen molar-refractivity contribution in [2.45, 2.75) is 13.5 Å². The SMILES string of the molecule is Cc1cc([N+](=O)[O-])ccc1OCc1ccccc1C(=O)O. The van der Waals surface area contributed by atoms with Crippen LogP contribution in [0.15, 0.2) is 42.5 Å². The number of aryl methyl sites for hydroxylation is 1. The lowest BCUT2D eigenvalue weighted by Gasteiger charge is -2.10. The molecule has 0 radical (unpaired) electrons. The average molecular weight is 287 g/mol. The van der Waals surface area contributed by atoms with Crippen molar-refractivity contribution in [3.05, 3.63) is 69.3 Å². The lowest BCUT2D eigenvalue weighted by Crippen LogP contribution is -2.05. The summed E-state index contributed by atoms with van der Waals surface area (Å²) < 4.78 is 5.56. The summed E-state index contributed by atoms with van der Waals surface area (Å²) in [6, 6.07) is 10.8. The van der Waals surface area contributed by atoms with E-state index in [1.54, 1.807) is 25.1 Å². The Kier molecular flexibility index (Phi) is 4.18. The van der Waals surface area contributed by atoms with Crippen LogP contribution in [0.3, 0.4) is 0 Å². The van der Waals surface area contributed by atoms with Crippen molar-refractivity contribution in [3.63, 3.8) is 0 Å². The standard InChI is InChI=1S/C15H13NO5/c1-10-8-12(16(19)20)6-7-14(10)21-9-11-4-2-3-5-13(11)15(17)18/h2-8H,9H2,1H3,(H,17,18). The fourth-order valence-corrected chi connectivity index (χ4v) is 1.92. The van der Waals surface area contributed by atoms with Gasteiger partial charge < -0.3 is 9.84 Å². The molecule has 6 heteroatoms. The average Bonchev–Trinajstić information content (AvgIpc) is 2.46. The summed E-state index contributed by atoms with van der Waals surface area (Å²) in [6.45, 7) is 1.78. The number of carboxylic acid groups (broad SMARTS) is 1. The van der Waals surface area contributed by atoms with E-state index in [0.717, 1.165) is 0 Å². The number of non-ortho nitro benzene ring substituents is 1. The van der Waals surface area contributed by atoms with E-state index in [0.29, 0.717) is 16.9 Å². The van der Waals surface area contributed by atoms with Crippen LogP contribution in [0.25, 0.3) is 0 Å². The van der Waals surface area contributed by atoms with Gasteiger partial charge in [-0.1, -0.05) is 18.2 Å². The molecule has 0 heterocycles. The van der Waals surface area contributed by atoms with Gasteiger partial charge in [0, 0.05) is 17.7 Å². The molecule has 0 atom stereocenters. The van der Waals surface area contributed by atoms with E-state index >= 15 is 0 Å². The minimum absolute atomic E-state index is 0.00853. The number of hydrogen-bond acceptors (Lipinski definition) is 4. The predicted molar refractivity (Wildman–Crippen MR) is 75.6 cm³/mol. The molecule has 0 spiro atoms. The lowest BCUT2D eigenvalue weighted by atomic mass is 10.1. The summed E-state index contributed by atoms with van der Waals surface area (Å²) in [5, 5.41) is 19.7. The Morgan fingerprint density at radius 1 is 1.29 bits per heavy atom. The van der Waals surface area contributed by atoms with Gasteiger partial charge in [0.15, 0.2) is 0 Å². The third kappa shape index (κ3) is 3.36. The number of aromatic carboxylic acids is 1. The first kappa shape index (κ1) is 14.5. The molecule has 21 heavy (non-hydrogen) atoms. The van der Waals surface area contributed by atoms with Gasteiger partial charge in [-0.3, -0.25) is 10.1 Å². The van der Waals surface area contributed by atoms with Gasteiger partial charge in [0.2, 0.25) is 0 Å². The number of ether oxygens (including phenoxy) is 1. The topological polar surface area (TPSA) is 89.7 Å². The summed E-state index contributed by atoms with van der Waals surface area (Å²) in [7, 11) is 0. The van der Waals surface area contributed by atoms with E-state index in [1.165, 1.54) is 24.3 Å². The van der Waals surface area contributed by atoms with Gasteiger partial charge >= 0.3 is 5.97 Å². The van der Waals surface area contributed by atoms with Crippen LogP contribution in [0.1, 0.15) is 21.5 Å². The zero-order valence-corrected chi connectivity index (χ0v) is 11.3. The Morgan fingerprint density at radius 3 is 2.62 bits per heavy atom. The Labute approximate surface area is 120 Å². The van der Waals surface area contributed by atoms with E-state index in [4.69, 9.17) is 9.84 Å². The summed E-state index contributed by atoms with van der Waals surface area (Å²) in [4.78, 5) is 21.3. The van der Waals surface area contributed by atoms with Crippen molar-refractivity contribution >= 4 is 11.7 Å². The van der Waals surface area contributed by atoms with Crippen LogP contribution in [-0.4, -0.2) is 16.0 Å². The molecule has 0 aliphatic heterocycles. The van der Waals surface area contributed by atoms with Crippen LogP contribution in [0.5, 0.6) is 5.75 Å². The molecule has 0 aliphatic carbocycles. The Balaban J connectivity index is 2.17. The van der Waals surface area contributed by atoms with Crippen LogP contribution >= 0.6 is 0 Å². The lowest BCUT2D eigenvalue weighted by molar-refractivity contribution is -0.384. The molecule has 0 unspecified atom stereocenters. The second-order valence-corrected chi connectivity index (χ2v) is 4.46. The van der Waals surface area contributed by atoms with Gasteiger partial charge in [0.05, 0.1) is 10.5 Å². The highest BCUT2D eigenvalue weighted by Crippen LogP contribution is 2.24. The monoisotopic (exact) mass is 287 g/mol. The van der Waals surface area contributed by atoms with E-state index in [2.05, 4.69) is 0 Å².